The van der Waals surface area contributed by atoms with Crippen LogP contribution in [0.5, 0.6) is 0 Å². The molecule has 0 aliphatic heterocycles. The standard InChI is InChI=1S/C12H25NO/c1-5-9-11(7-3)13(8-4)12(14)10-6-2/h11H,5-10H2,1-4H3. The molecule has 0 aliphatic carbocycles. The van der Waals surface area contributed by atoms with Gasteiger partial charge in [0.05, 0.1) is 0 Å². The van der Waals surface area contributed by atoms with Crippen LogP contribution in [0.4, 0.5) is 0 Å². The third-order valence-corrected chi connectivity index (χ3v) is 2.66. The van der Waals surface area contributed by atoms with Crippen molar-refractivity contribution in [3.05, 3.63) is 0 Å². The van der Waals surface area contributed by atoms with E-state index >= 15 is 0 Å². The largest absolute Gasteiger partial charge is 0.340 e. The van der Waals surface area contributed by atoms with Crippen molar-refractivity contribution in [1.29, 1.82) is 0 Å². The monoisotopic (exact) mass is 199 g/mol. The highest BCUT2D eigenvalue weighted by atomic mass is 16.2. The van der Waals surface area contributed by atoms with E-state index in [-0.39, 0.29) is 0 Å². The Morgan fingerprint density at radius 1 is 1.14 bits per heavy atom. The first-order chi connectivity index (χ1) is 6.71. The molecule has 1 atom stereocenters. The number of hydrogen-bond acceptors (Lipinski definition) is 1. The van der Waals surface area contributed by atoms with Crippen LogP contribution in [0.2, 0.25) is 0 Å². The molecule has 0 heterocycles. The number of amides is 1. The van der Waals surface area contributed by atoms with Gasteiger partial charge in [-0.05, 0) is 26.2 Å². The second kappa shape index (κ2) is 7.84. The van der Waals surface area contributed by atoms with Crippen LogP contribution in [0.1, 0.15) is 59.8 Å². The van der Waals surface area contributed by atoms with Crippen molar-refractivity contribution in [2.45, 2.75) is 65.8 Å². The summed E-state index contributed by atoms with van der Waals surface area (Å²) in [5.74, 6) is 0.329. The van der Waals surface area contributed by atoms with Gasteiger partial charge in [-0.3, -0.25) is 4.79 Å². The van der Waals surface area contributed by atoms with Crippen LogP contribution in [0.3, 0.4) is 0 Å². The van der Waals surface area contributed by atoms with Gasteiger partial charge in [0.2, 0.25) is 5.91 Å². The fourth-order valence-electron chi connectivity index (χ4n) is 1.91. The summed E-state index contributed by atoms with van der Waals surface area (Å²) in [4.78, 5) is 13.8. The van der Waals surface area contributed by atoms with E-state index in [0.717, 1.165) is 32.2 Å². The molecule has 0 aromatic carbocycles. The lowest BCUT2D eigenvalue weighted by Crippen LogP contribution is -2.39. The predicted octanol–water partition coefficient (Wildman–Crippen LogP) is 3.21. The maximum Gasteiger partial charge on any atom is 0.222 e. The van der Waals surface area contributed by atoms with E-state index in [4.69, 9.17) is 0 Å². The molecule has 0 aromatic heterocycles. The maximum absolute atomic E-state index is 11.8. The summed E-state index contributed by atoms with van der Waals surface area (Å²) in [5, 5.41) is 0. The zero-order valence-corrected chi connectivity index (χ0v) is 10.2. The molecule has 0 N–H and O–H groups in total. The minimum Gasteiger partial charge on any atom is -0.340 e. The van der Waals surface area contributed by atoms with Crippen molar-refractivity contribution in [2.75, 3.05) is 6.54 Å². The van der Waals surface area contributed by atoms with Gasteiger partial charge < -0.3 is 4.90 Å². The molecule has 0 bridgehead atoms. The summed E-state index contributed by atoms with van der Waals surface area (Å²) in [6.45, 7) is 9.35. The number of carbonyl (C=O) groups is 1. The van der Waals surface area contributed by atoms with Crippen LogP contribution in [0, 0.1) is 0 Å². The molecule has 0 saturated heterocycles. The molecule has 0 rings (SSSR count). The quantitative estimate of drug-likeness (QED) is 0.616. The Morgan fingerprint density at radius 3 is 2.14 bits per heavy atom. The third-order valence-electron chi connectivity index (χ3n) is 2.66. The SMILES string of the molecule is CCCC(=O)N(CC)C(CC)CCC. The highest BCUT2D eigenvalue weighted by Gasteiger charge is 2.18. The van der Waals surface area contributed by atoms with Gasteiger partial charge in [0.15, 0.2) is 0 Å². The van der Waals surface area contributed by atoms with Gasteiger partial charge in [-0.15, -0.1) is 0 Å². The minimum absolute atomic E-state index is 0.329. The number of nitrogens with zero attached hydrogens (tertiary/aromatic N) is 1. The fraction of sp³-hybridized carbons (Fsp3) is 0.917. The highest BCUT2D eigenvalue weighted by Crippen LogP contribution is 2.12. The van der Waals surface area contributed by atoms with Crippen molar-refractivity contribution in [2.24, 2.45) is 0 Å². The van der Waals surface area contributed by atoms with Crippen LogP contribution in [-0.2, 0) is 4.79 Å². The van der Waals surface area contributed by atoms with Gasteiger partial charge in [-0.25, -0.2) is 0 Å². The van der Waals surface area contributed by atoms with Gasteiger partial charge in [-0.1, -0.05) is 27.2 Å². The van der Waals surface area contributed by atoms with Crippen LogP contribution >= 0.6 is 0 Å². The van der Waals surface area contributed by atoms with E-state index in [2.05, 4.69) is 27.7 Å². The minimum atomic E-state index is 0.329. The Labute approximate surface area is 88.7 Å². The Bertz CT molecular complexity index is 156. The number of rotatable bonds is 7. The molecule has 0 aliphatic rings. The van der Waals surface area contributed by atoms with Crippen molar-refractivity contribution < 1.29 is 4.79 Å². The molecular formula is C12H25NO. The normalized spacial score (nSPS) is 12.6. The van der Waals surface area contributed by atoms with Crippen molar-refractivity contribution in [3.8, 4) is 0 Å². The summed E-state index contributed by atoms with van der Waals surface area (Å²) in [6, 6.07) is 0.462. The van der Waals surface area contributed by atoms with Crippen molar-refractivity contribution >= 4 is 5.91 Å². The molecule has 84 valence electrons. The van der Waals surface area contributed by atoms with Gasteiger partial charge in [0.25, 0.3) is 0 Å². The molecular weight excluding hydrogens is 174 g/mol. The predicted molar refractivity (Wildman–Crippen MR) is 61.3 cm³/mol. The van der Waals surface area contributed by atoms with E-state index < -0.39 is 0 Å². The molecule has 0 spiro atoms. The Hall–Kier alpha value is -0.530. The molecule has 0 saturated carbocycles. The summed E-state index contributed by atoms with van der Waals surface area (Å²) < 4.78 is 0. The molecule has 0 radical (unpaired) electrons. The zero-order valence-electron chi connectivity index (χ0n) is 10.2. The second-order valence-electron chi connectivity index (χ2n) is 3.78. The van der Waals surface area contributed by atoms with E-state index in [9.17, 15) is 4.79 Å². The number of carbonyl (C=O) groups excluding carboxylic acids is 1. The summed E-state index contributed by atoms with van der Waals surface area (Å²) >= 11 is 0. The molecule has 2 heteroatoms. The third kappa shape index (κ3) is 4.12. The summed E-state index contributed by atoms with van der Waals surface area (Å²) in [6.07, 6.45) is 5.04. The highest BCUT2D eigenvalue weighted by molar-refractivity contribution is 5.76. The van der Waals surface area contributed by atoms with Gasteiger partial charge in [-0.2, -0.15) is 0 Å². The maximum atomic E-state index is 11.8. The Morgan fingerprint density at radius 2 is 1.79 bits per heavy atom. The lowest BCUT2D eigenvalue weighted by atomic mass is 10.1. The smallest absolute Gasteiger partial charge is 0.222 e. The van der Waals surface area contributed by atoms with Crippen LogP contribution in [0.25, 0.3) is 0 Å². The first-order valence-corrected chi connectivity index (χ1v) is 6.00. The fourth-order valence-corrected chi connectivity index (χ4v) is 1.91. The first-order valence-electron chi connectivity index (χ1n) is 6.00. The Balaban J connectivity index is 4.26. The topological polar surface area (TPSA) is 20.3 Å². The van der Waals surface area contributed by atoms with Crippen LogP contribution in [-0.4, -0.2) is 23.4 Å². The van der Waals surface area contributed by atoms with E-state index in [1.165, 1.54) is 0 Å². The lowest BCUT2D eigenvalue weighted by Gasteiger charge is -2.30. The second-order valence-corrected chi connectivity index (χ2v) is 3.78. The summed E-state index contributed by atoms with van der Waals surface area (Å²) in [7, 11) is 0. The van der Waals surface area contributed by atoms with Crippen LogP contribution < -0.4 is 0 Å². The molecule has 14 heavy (non-hydrogen) atoms. The van der Waals surface area contributed by atoms with Crippen LogP contribution in [0.15, 0.2) is 0 Å². The lowest BCUT2D eigenvalue weighted by molar-refractivity contribution is -0.133. The molecule has 1 amide bonds. The first kappa shape index (κ1) is 13.5. The molecule has 0 fully saturated rings. The zero-order chi connectivity index (χ0) is 11.0. The van der Waals surface area contributed by atoms with Gasteiger partial charge in [0, 0.05) is 19.0 Å². The molecule has 0 aromatic rings. The average Bonchev–Trinajstić information content (AvgIpc) is 2.18. The van der Waals surface area contributed by atoms with Gasteiger partial charge >= 0.3 is 0 Å². The summed E-state index contributed by atoms with van der Waals surface area (Å²) in [5.41, 5.74) is 0. The van der Waals surface area contributed by atoms with E-state index in [1.54, 1.807) is 0 Å². The van der Waals surface area contributed by atoms with E-state index in [1.807, 2.05) is 4.90 Å². The molecule has 2 nitrogen and oxygen atoms in total. The van der Waals surface area contributed by atoms with Crippen molar-refractivity contribution in [3.63, 3.8) is 0 Å². The van der Waals surface area contributed by atoms with Crippen molar-refractivity contribution in [1.82, 2.24) is 4.90 Å². The number of hydrogen-bond donors (Lipinski definition) is 0. The Kier molecular flexibility index (Phi) is 7.54. The average molecular weight is 199 g/mol. The molecule has 1 unspecified atom stereocenters. The van der Waals surface area contributed by atoms with E-state index in [0.29, 0.717) is 18.4 Å². The van der Waals surface area contributed by atoms with Gasteiger partial charge in [0.1, 0.15) is 0 Å².